The first-order chi connectivity index (χ1) is 7.27. The number of hydrogen-bond donors (Lipinski definition) is 0. The first kappa shape index (κ1) is 16.0. The lowest BCUT2D eigenvalue weighted by molar-refractivity contribution is 0.305. The summed E-state index contributed by atoms with van der Waals surface area (Å²) in [5.41, 5.74) is 1.11. The molecule has 0 heteroatoms. The molecule has 0 rings (SSSR count). The van der Waals surface area contributed by atoms with Gasteiger partial charge in [0.1, 0.15) is 0 Å². The third-order valence-electron chi connectivity index (χ3n) is 3.74. The van der Waals surface area contributed by atoms with Gasteiger partial charge in [0.25, 0.3) is 0 Å². The van der Waals surface area contributed by atoms with E-state index in [0.29, 0.717) is 10.8 Å². The van der Waals surface area contributed by atoms with Crippen LogP contribution in [0.3, 0.4) is 0 Å². The summed E-state index contributed by atoms with van der Waals surface area (Å²) in [6.45, 7) is 14.1. The minimum absolute atomic E-state index is 0.532. The van der Waals surface area contributed by atoms with E-state index in [-0.39, 0.29) is 0 Å². The molecule has 0 amide bonds. The van der Waals surface area contributed by atoms with Crippen LogP contribution >= 0.6 is 0 Å². The van der Waals surface area contributed by atoms with Gasteiger partial charge in [0.05, 0.1) is 0 Å². The fraction of sp³-hybridized carbons (Fsp3) is 1.00. The second-order valence-electron chi connectivity index (χ2n) is 7.35. The van der Waals surface area contributed by atoms with Crippen molar-refractivity contribution in [2.24, 2.45) is 10.8 Å². The summed E-state index contributed by atoms with van der Waals surface area (Å²) < 4.78 is 0. The van der Waals surface area contributed by atoms with Crippen LogP contribution in [-0.2, 0) is 0 Å². The molecule has 0 heterocycles. The lowest BCUT2D eigenvalue weighted by Gasteiger charge is -2.22. The van der Waals surface area contributed by atoms with E-state index >= 15 is 0 Å². The summed E-state index contributed by atoms with van der Waals surface area (Å²) in [6.07, 6.45) is 11.3. The molecule has 98 valence electrons. The highest BCUT2D eigenvalue weighted by atomic mass is 14.2. The predicted molar refractivity (Wildman–Crippen MR) is 75.8 cm³/mol. The van der Waals surface area contributed by atoms with Gasteiger partial charge in [-0.05, 0) is 23.7 Å². The van der Waals surface area contributed by atoms with Crippen molar-refractivity contribution in [1.29, 1.82) is 0 Å². The van der Waals surface area contributed by atoms with Gasteiger partial charge in [-0.3, -0.25) is 0 Å². The normalized spacial score (nSPS) is 13.1. The van der Waals surface area contributed by atoms with E-state index in [1.807, 2.05) is 0 Å². The fourth-order valence-corrected chi connectivity index (χ4v) is 1.97. The van der Waals surface area contributed by atoms with E-state index in [1.165, 1.54) is 51.4 Å². The summed E-state index contributed by atoms with van der Waals surface area (Å²) in [5.74, 6) is 0. The third-order valence-corrected chi connectivity index (χ3v) is 3.74. The van der Waals surface area contributed by atoms with Crippen LogP contribution in [0.2, 0.25) is 0 Å². The zero-order chi connectivity index (χ0) is 12.7. The summed E-state index contributed by atoms with van der Waals surface area (Å²) in [7, 11) is 0. The Morgan fingerprint density at radius 2 is 1.06 bits per heavy atom. The number of unbranched alkanes of at least 4 members (excludes halogenated alkanes) is 4. The van der Waals surface area contributed by atoms with Crippen molar-refractivity contribution in [1.82, 2.24) is 0 Å². The van der Waals surface area contributed by atoms with E-state index < -0.39 is 0 Å². The Morgan fingerprint density at radius 1 is 0.625 bits per heavy atom. The molecular formula is C16H34. The van der Waals surface area contributed by atoms with Crippen LogP contribution in [-0.4, -0.2) is 0 Å². The highest BCUT2D eigenvalue weighted by molar-refractivity contribution is 4.66. The molecule has 0 aromatic carbocycles. The van der Waals surface area contributed by atoms with Gasteiger partial charge >= 0.3 is 0 Å². The van der Waals surface area contributed by atoms with E-state index in [2.05, 4.69) is 41.5 Å². The van der Waals surface area contributed by atoms with Gasteiger partial charge in [-0.2, -0.15) is 0 Å². The number of hydrogen-bond acceptors (Lipinski definition) is 0. The molecule has 0 saturated heterocycles. The van der Waals surface area contributed by atoms with Gasteiger partial charge in [0, 0.05) is 0 Å². The largest absolute Gasteiger partial charge is 0.0649 e. The smallest absolute Gasteiger partial charge is 0.0357 e. The monoisotopic (exact) mass is 226 g/mol. The summed E-state index contributed by atoms with van der Waals surface area (Å²) >= 11 is 0. The Hall–Kier alpha value is 0. The molecule has 0 nitrogen and oxygen atoms in total. The zero-order valence-electron chi connectivity index (χ0n) is 12.7. The molecule has 0 N–H and O–H groups in total. The lowest BCUT2D eigenvalue weighted by Crippen LogP contribution is -2.08. The average Bonchev–Trinajstić information content (AvgIpc) is 2.14. The lowest BCUT2D eigenvalue weighted by atomic mass is 9.84. The first-order valence-electron chi connectivity index (χ1n) is 7.27. The molecule has 0 aliphatic carbocycles. The van der Waals surface area contributed by atoms with E-state index in [4.69, 9.17) is 0 Å². The second-order valence-corrected chi connectivity index (χ2v) is 7.35. The molecule has 0 aromatic heterocycles. The maximum absolute atomic E-state index is 2.40. The predicted octanol–water partition coefficient (Wildman–Crippen LogP) is 6.20. The molecule has 0 fully saturated rings. The van der Waals surface area contributed by atoms with Gasteiger partial charge < -0.3 is 0 Å². The summed E-state index contributed by atoms with van der Waals surface area (Å²) in [4.78, 5) is 0. The van der Waals surface area contributed by atoms with Crippen molar-refractivity contribution in [2.45, 2.75) is 92.9 Å². The quantitative estimate of drug-likeness (QED) is 0.432. The molecule has 0 saturated carbocycles. The van der Waals surface area contributed by atoms with Crippen LogP contribution < -0.4 is 0 Å². The van der Waals surface area contributed by atoms with Crippen LogP contribution in [0.25, 0.3) is 0 Å². The van der Waals surface area contributed by atoms with Crippen molar-refractivity contribution in [3.63, 3.8) is 0 Å². The van der Waals surface area contributed by atoms with E-state index in [9.17, 15) is 0 Å². The zero-order valence-corrected chi connectivity index (χ0v) is 12.7. The minimum Gasteiger partial charge on any atom is -0.0649 e. The van der Waals surface area contributed by atoms with Gasteiger partial charge in [0.15, 0.2) is 0 Å². The molecule has 0 aliphatic rings. The molecule has 0 aromatic rings. The van der Waals surface area contributed by atoms with Crippen molar-refractivity contribution < 1.29 is 0 Å². The van der Waals surface area contributed by atoms with Gasteiger partial charge in [0.2, 0.25) is 0 Å². The standard InChI is InChI=1S/C16H34/c1-7-16(5,6)14-12-10-8-9-11-13-15(2,3)4/h7-14H2,1-6H3. The molecule has 0 unspecified atom stereocenters. The molecule has 16 heavy (non-hydrogen) atoms. The van der Waals surface area contributed by atoms with Crippen LogP contribution in [0.1, 0.15) is 92.9 Å². The van der Waals surface area contributed by atoms with Crippen molar-refractivity contribution in [3.05, 3.63) is 0 Å². The van der Waals surface area contributed by atoms with Crippen molar-refractivity contribution >= 4 is 0 Å². The van der Waals surface area contributed by atoms with E-state index in [0.717, 1.165) is 0 Å². The molecule has 0 radical (unpaired) electrons. The Balaban J connectivity index is 3.29. The topological polar surface area (TPSA) is 0 Å². The van der Waals surface area contributed by atoms with Crippen LogP contribution in [0.15, 0.2) is 0 Å². The van der Waals surface area contributed by atoms with Gasteiger partial charge in [-0.25, -0.2) is 0 Å². The highest BCUT2D eigenvalue weighted by Crippen LogP contribution is 2.28. The van der Waals surface area contributed by atoms with Crippen molar-refractivity contribution in [2.75, 3.05) is 0 Å². The van der Waals surface area contributed by atoms with Gasteiger partial charge in [-0.1, -0.05) is 80.1 Å². The Bertz CT molecular complexity index is 159. The molecule has 0 aliphatic heterocycles. The average molecular weight is 226 g/mol. The Morgan fingerprint density at radius 3 is 1.50 bits per heavy atom. The van der Waals surface area contributed by atoms with Crippen LogP contribution in [0.5, 0.6) is 0 Å². The van der Waals surface area contributed by atoms with Crippen LogP contribution in [0.4, 0.5) is 0 Å². The Kier molecular flexibility index (Phi) is 7.35. The molecular weight excluding hydrogens is 192 g/mol. The van der Waals surface area contributed by atoms with Gasteiger partial charge in [-0.15, -0.1) is 0 Å². The summed E-state index contributed by atoms with van der Waals surface area (Å²) in [5, 5.41) is 0. The minimum atomic E-state index is 0.532. The fourth-order valence-electron chi connectivity index (χ4n) is 1.97. The number of rotatable bonds is 8. The van der Waals surface area contributed by atoms with E-state index in [1.54, 1.807) is 0 Å². The van der Waals surface area contributed by atoms with Crippen LogP contribution in [0, 0.1) is 10.8 Å². The molecule has 0 bridgehead atoms. The summed E-state index contributed by atoms with van der Waals surface area (Å²) in [6, 6.07) is 0. The Labute approximate surface area is 104 Å². The van der Waals surface area contributed by atoms with Crippen molar-refractivity contribution in [3.8, 4) is 0 Å². The third kappa shape index (κ3) is 10.5. The first-order valence-corrected chi connectivity index (χ1v) is 7.27. The second kappa shape index (κ2) is 7.35. The highest BCUT2D eigenvalue weighted by Gasteiger charge is 2.13. The molecule has 0 atom stereocenters. The molecule has 0 spiro atoms. The maximum atomic E-state index is 2.40. The maximum Gasteiger partial charge on any atom is -0.0357 e. The SMILES string of the molecule is CCC(C)(C)CCCCCCCC(C)(C)C.